The van der Waals surface area contributed by atoms with Crippen molar-refractivity contribution in [3.8, 4) is 5.75 Å². The second kappa shape index (κ2) is 4.12. The number of ether oxygens (including phenoxy) is 1. The third kappa shape index (κ3) is 1.65. The fourth-order valence-electron chi connectivity index (χ4n) is 3.53. The van der Waals surface area contributed by atoms with E-state index < -0.39 is 0 Å². The number of aryl methyl sites for hydroxylation is 1. The van der Waals surface area contributed by atoms with Crippen molar-refractivity contribution in [1.29, 1.82) is 0 Å². The highest BCUT2D eigenvalue weighted by Gasteiger charge is 2.41. The number of benzene rings is 1. The second-order valence-electron chi connectivity index (χ2n) is 5.83. The molecule has 1 aromatic rings. The van der Waals surface area contributed by atoms with E-state index in [-0.39, 0.29) is 0 Å². The zero-order valence-electron chi connectivity index (χ0n) is 11.3. The Bertz CT molecular complexity index is 544. The van der Waals surface area contributed by atoms with Crippen molar-refractivity contribution in [3.05, 3.63) is 33.3 Å². The molecular weight excluding hydrogens is 288 g/mol. The third-order valence-corrected chi connectivity index (χ3v) is 5.33. The average molecular weight is 307 g/mol. The molecule has 0 amide bonds. The lowest BCUT2D eigenvalue weighted by molar-refractivity contribution is 0.373. The summed E-state index contributed by atoms with van der Waals surface area (Å²) in [5, 5.41) is 0. The highest BCUT2D eigenvalue weighted by Crippen LogP contribution is 2.57. The Balaban J connectivity index is 2.26. The fraction of sp³-hybridized carbons (Fsp3) is 0.500. The summed E-state index contributed by atoms with van der Waals surface area (Å²) >= 11 is 3.79. The normalized spacial score (nSPS) is 26.0. The van der Waals surface area contributed by atoms with Crippen molar-refractivity contribution in [2.24, 2.45) is 5.41 Å². The van der Waals surface area contributed by atoms with Crippen molar-refractivity contribution in [1.82, 2.24) is 0 Å². The van der Waals surface area contributed by atoms with Crippen LogP contribution in [0.1, 0.15) is 42.9 Å². The summed E-state index contributed by atoms with van der Waals surface area (Å²) in [5.41, 5.74) is 6.00. The summed E-state index contributed by atoms with van der Waals surface area (Å²) in [6, 6.07) is 4.49. The monoisotopic (exact) mass is 306 g/mol. The van der Waals surface area contributed by atoms with Gasteiger partial charge >= 0.3 is 0 Å². The topological polar surface area (TPSA) is 9.23 Å². The first-order valence-corrected chi connectivity index (χ1v) is 7.41. The van der Waals surface area contributed by atoms with Crippen LogP contribution in [0, 0.1) is 12.3 Å². The quantitative estimate of drug-likeness (QED) is 0.720. The summed E-state index contributed by atoms with van der Waals surface area (Å²) in [7, 11) is 1.78. The number of rotatable bonds is 1. The molecule has 0 saturated heterocycles. The van der Waals surface area contributed by atoms with Gasteiger partial charge in [0.15, 0.2) is 0 Å². The molecule has 0 heterocycles. The summed E-state index contributed by atoms with van der Waals surface area (Å²) in [4.78, 5) is 0. The molecule has 2 aliphatic carbocycles. The molecule has 0 bridgehead atoms. The van der Waals surface area contributed by atoms with Gasteiger partial charge in [0.25, 0.3) is 0 Å². The maximum atomic E-state index is 5.57. The van der Waals surface area contributed by atoms with Crippen LogP contribution in [-0.2, 0) is 6.42 Å². The van der Waals surface area contributed by atoms with Gasteiger partial charge in [0.1, 0.15) is 5.75 Å². The second-order valence-corrected chi connectivity index (χ2v) is 6.79. The third-order valence-electron chi connectivity index (χ3n) is 4.54. The van der Waals surface area contributed by atoms with Crippen LogP contribution in [-0.4, -0.2) is 7.11 Å². The number of halogens is 1. The highest BCUT2D eigenvalue weighted by atomic mass is 79.9. The molecule has 96 valence electrons. The minimum atomic E-state index is 0.366. The summed E-state index contributed by atoms with van der Waals surface area (Å²) in [6.07, 6.45) is 4.84. The van der Waals surface area contributed by atoms with Crippen molar-refractivity contribution < 1.29 is 4.74 Å². The molecule has 3 rings (SSSR count). The molecule has 0 unspecified atom stereocenters. The van der Waals surface area contributed by atoms with Crippen molar-refractivity contribution in [3.63, 3.8) is 0 Å². The minimum Gasteiger partial charge on any atom is -0.496 e. The lowest BCUT2D eigenvalue weighted by Gasteiger charge is -2.35. The van der Waals surface area contributed by atoms with Gasteiger partial charge in [-0.05, 0) is 65.3 Å². The Morgan fingerprint density at radius 1 is 1.22 bits per heavy atom. The molecule has 1 aromatic carbocycles. The molecule has 2 aliphatic rings. The van der Waals surface area contributed by atoms with E-state index in [1.165, 1.54) is 46.0 Å². The van der Waals surface area contributed by atoms with Gasteiger partial charge in [-0.3, -0.25) is 0 Å². The SMILES string of the molecule is COc1cc(C)cc2c1CC[C@]1(C)CCC(Br)=C21. The van der Waals surface area contributed by atoms with Gasteiger partial charge in [-0.15, -0.1) is 0 Å². The van der Waals surface area contributed by atoms with E-state index in [1.54, 1.807) is 7.11 Å². The van der Waals surface area contributed by atoms with Crippen molar-refractivity contribution >= 4 is 21.5 Å². The van der Waals surface area contributed by atoms with E-state index in [0.29, 0.717) is 5.41 Å². The summed E-state index contributed by atoms with van der Waals surface area (Å²) in [5.74, 6) is 1.06. The van der Waals surface area contributed by atoms with Crippen LogP contribution in [0.15, 0.2) is 16.6 Å². The maximum absolute atomic E-state index is 5.57. The number of allylic oxidation sites excluding steroid dienone is 2. The van der Waals surface area contributed by atoms with Crippen LogP contribution in [0.25, 0.3) is 5.57 Å². The van der Waals surface area contributed by atoms with Gasteiger partial charge in [-0.25, -0.2) is 0 Å². The van der Waals surface area contributed by atoms with Gasteiger partial charge in [0, 0.05) is 5.56 Å². The molecule has 0 aromatic heterocycles. The predicted molar refractivity (Wildman–Crippen MR) is 79.2 cm³/mol. The molecule has 0 spiro atoms. The van der Waals surface area contributed by atoms with Gasteiger partial charge in [-0.2, -0.15) is 0 Å². The Hall–Kier alpha value is -0.760. The van der Waals surface area contributed by atoms with Crippen LogP contribution < -0.4 is 4.74 Å². The molecule has 0 saturated carbocycles. The molecule has 0 N–H and O–H groups in total. The molecule has 18 heavy (non-hydrogen) atoms. The summed E-state index contributed by atoms with van der Waals surface area (Å²) in [6.45, 7) is 4.56. The van der Waals surface area contributed by atoms with E-state index in [4.69, 9.17) is 4.74 Å². The lowest BCUT2D eigenvalue weighted by atomic mass is 9.70. The van der Waals surface area contributed by atoms with Crippen molar-refractivity contribution in [2.45, 2.75) is 39.5 Å². The summed E-state index contributed by atoms with van der Waals surface area (Å²) < 4.78 is 6.97. The Labute approximate surface area is 117 Å². The van der Waals surface area contributed by atoms with Gasteiger partial charge < -0.3 is 4.74 Å². The Morgan fingerprint density at radius 2 is 1.94 bits per heavy atom. The first-order valence-electron chi connectivity index (χ1n) is 6.62. The number of hydrogen-bond donors (Lipinski definition) is 0. The number of fused-ring (bicyclic) bond motifs is 3. The maximum Gasteiger partial charge on any atom is 0.122 e. The largest absolute Gasteiger partial charge is 0.496 e. The van der Waals surface area contributed by atoms with Crippen LogP contribution in [0.2, 0.25) is 0 Å². The first-order chi connectivity index (χ1) is 8.55. The van der Waals surface area contributed by atoms with Crippen LogP contribution in [0.4, 0.5) is 0 Å². The molecular formula is C16H19BrO. The van der Waals surface area contributed by atoms with Gasteiger partial charge in [0.2, 0.25) is 0 Å². The van der Waals surface area contributed by atoms with Gasteiger partial charge in [0.05, 0.1) is 7.11 Å². The molecule has 1 atom stereocenters. The first kappa shape index (κ1) is 12.3. The van der Waals surface area contributed by atoms with E-state index in [2.05, 4.69) is 41.9 Å². The zero-order valence-corrected chi connectivity index (χ0v) is 12.9. The predicted octanol–water partition coefficient (Wildman–Crippen LogP) is 4.86. The van der Waals surface area contributed by atoms with Crippen LogP contribution in [0.5, 0.6) is 5.75 Å². The number of methoxy groups -OCH3 is 1. The molecule has 0 radical (unpaired) electrons. The van der Waals surface area contributed by atoms with Crippen LogP contribution in [0.3, 0.4) is 0 Å². The zero-order chi connectivity index (χ0) is 12.9. The lowest BCUT2D eigenvalue weighted by Crippen LogP contribution is -2.22. The van der Waals surface area contributed by atoms with E-state index in [9.17, 15) is 0 Å². The van der Waals surface area contributed by atoms with Crippen molar-refractivity contribution in [2.75, 3.05) is 7.11 Å². The average Bonchev–Trinajstić information content (AvgIpc) is 2.64. The molecule has 0 aliphatic heterocycles. The van der Waals surface area contributed by atoms with E-state index in [1.807, 2.05) is 0 Å². The molecule has 2 heteroatoms. The Kier molecular flexibility index (Phi) is 2.81. The molecule has 0 fully saturated rings. The number of hydrogen-bond acceptors (Lipinski definition) is 1. The molecule has 1 nitrogen and oxygen atoms in total. The minimum absolute atomic E-state index is 0.366. The smallest absolute Gasteiger partial charge is 0.122 e. The van der Waals surface area contributed by atoms with Crippen LogP contribution >= 0.6 is 15.9 Å². The van der Waals surface area contributed by atoms with E-state index in [0.717, 1.165) is 12.2 Å². The standard InChI is InChI=1S/C16H19BrO/c1-10-8-12-11(14(9-10)18-3)4-6-16(2)7-5-13(17)15(12)16/h8-9H,4-7H2,1-3H3/t16-/m1/s1. The Morgan fingerprint density at radius 3 is 2.67 bits per heavy atom. The van der Waals surface area contributed by atoms with E-state index >= 15 is 0 Å². The highest BCUT2D eigenvalue weighted by molar-refractivity contribution is 9.11. The fourth-order valence-corrected chi connectivity index (χ4v) is 4.42. The van der Waals surface area contributed by atoms with Gasteiger partial charge in [-0.1, -0.05) is 28.9 Å².